The van der Waals surface area contributed by atoms with Crippen molar-refractivity contribution in [2.24, 2.45) is 5.41 Å². The zero-order valence-corrected chi connectivity index (χ0v) is 18.3. The van der Waals surface area contributed by atoms with E-state index in [0.29, 0.717) is 24.2 Å². The van der Waals surface area contributed by atoms with Crippen LogP contribution >= 0.6 is 0 Å². The summed E-state index contributed by atoms with van der Waals surface area (Å²) in [5.41, 5.74) is -0.417. The van der Waals surface area contributed by atoms with E-state index in [9.17, 15) is 14.4 Å². The fourth-order valence-corrected chi connectivity index (χ4v) is 3.05. The predicted octanol–water partition coefficient (Wildman–Crippen LogP) is 3.78. The lowest BCUT2D eigenvalue weighted by molar-refractivity contribution is -0.153. The molecule has 8 nitrogen and oxygen atoms in total. The highest BCUT2D eigenvalue weighted by atomic mass is 16.7. The third-order valence-electron chi connectivity index (χ3n) is 4.54. The predicted molar refractivity (Wildman–Crippen MR) is 109 cm³/mol. The number of benzene rings is 1. The Labute approximate surface area is 177 Å². The van der Waals surface area contributed by atoms with E-state index in [1.54, 1.807) is 58.9 Å². The summed E-state index contributed by atoms with van der Waals surface area (Å²) < 4.78 is 21.8. The fraction of sp³-hybridized carbons (Fsp3) is 0.591. The van der Waals surface area contributed by atoms with Crippen LogP contribution in [0.5, 0.6) is 5.75 Å². The molecule has 8 heteroatoms. The Hall–Kier alpha value is -2.61. The Bertz CT molecular complexity index is 748. The summed E-state index contributed by atoms with van der Waals surface area (Å²) in [6.07, 6.45) is -0.342. The van der Waals surface area contributed by atoms with Gasteiger partial charge < -0.3 is 18.9 Å². The summed E-state index contributed by atoms with van der Waals surface area (Å²) in [6, 6.07) is 6.34. The first-order chi connectivity index (χ1) is 14.2. The largest absolute Gasteiger partial charge is 0.464 e. The second kappa shape index (κ2) is 10.4. The molecular formula is C22H31NO7. The third-order valence-corrected chi connectivity index (χ3v) is 4.54. The summed E-state index contributed by atoms with van der Waals surface area (Å²) in [4.78, 5) is 38.5. The number of para-hydroxylation sites is 1. The summed E-state index contributed by atoms with van der Waals surface area (Å²) in [7, 11) is 0. The highest BCUT2D eigenvalue weighted by Gasteiger charge is 2.39. The molecule has 1 fully saturated rings. The van der Waals surface area contributed by atoms with Crippen molar-refractivity contribution in [1.82, 2.24) is 4.90 Å². The Morgan fingerprint density at radius 2 is 1.73 bits per heavy atom. The van der Waals surface area contributed by atoms with Gasteiger partial charge in [-0.05, 0) is 32.4 Å². The molecule has 2 amide bonds. The minimum Gasteiger partial charge on any atom is -0.464 e. The van der Waals surface area contributed by atoms with Crippen molar-refractivity contribution >= 4 is 18.0 Å². The molecule has 1 aliphatic rings. The molecule has 30 heavy (non-hydrogen) atoms. The van der Waals surface area contributed by atoms with Crippen LogP contribution in [0, 0.1) is 5.41 Å². The van der Waals surface area contributed by atoms with Gasteiger partial charge in [-0.15, -0.1) is 0 Å². The maximum absolute atomic E-state index is 12.8. The number of ether oxygens (including phenoxy) is 4. The maximum Gasteiger partial charge on any atom is 0.416 e. The van der Waals surface area contributed by atoms with Crippen LogP contribution in [0.1, 0.15) is 57.8 Å². The molecule has 1 aromatic rings. The number of rotatable bonds is 6. The van der Waals surface area contributed by atoms with E-state index in [1.807, 2.05) is 0 Å². The highest BCUT2D eigenvalue weighted by Crippen LogP contribution is 2.28. The molecule has 0 N–H and O–H groups in total. The highest BCUT2D eigenvalue weighted by molar-refractivity contribution is 5.95. The number of imide groups is 1. The molecule has 2 unspecified atom stereocenters. The number of nitrogens with zero attached hydrogens (tertiary/aromatic N) is 1. The lowest BCUT2D eigenvalue weighted by Crippen LogP contribution is -2.53. The fourth-order valence-electron chi connectivity index (χ4n) is 3.05. The summed E-state index contributed by atoms with van der Waals surface area (Å²) in [5, 5.41) is 0. The summed E-state index contributed by atoms with van der Waals surface area (Å²) in [6.45, 7) is 9.25. The molecule has 166 valence electrons. The summed E-state index contributed by atoms with van der Waals surface area (Å²) >= 11 is 0. The van der Waals surface area contributed by atoms with E-state index in [2.05, 4.69) is 0 Å². The molecule has 2 rings (SSSR count). The number of hydrogen-bond acceptors (Lipinski definition) is 7. The lowest BCUT2D eigenvalue weighted by atomic mass is 9.93. The van der Waals surface area contributed by atoms with E-state index >= 15 is 0 Å². The molecule has 1 heterocycles. The van der Waals surface area contributed by atoms with E-state index in [4.69, 9.17) is 18.9 Å². The molecule has 0 aliphatic carbocycles. The normalized spacial score (nSPS) is 19.0. The number of amides is 2. The molecule has 1 aliphatic heterocycles. The Morgan fingerprint density at radius 1 is 1.07 bits per heavy atom. The second-order valence-electron chi connectivity index (χ2n) is 7.95. The van der Waals surface area contributed by atoms with Crippen LogP contribution in [0.4, 0.5) is 4.79 Å². The maximum atomic E-state index is 12.8. The third kappa shape index (κ3) is 5.95. The average Bonchev–Trinajstić information content (AvgIpc) is 2.69. The first-order valence-corrected chi connectivity index (χ1v) is 10.2. The van der Waals surface area contributed by atoms with Crippen LogP contribution in [0.25, 0.3) is 0 Å². The van der Waals surface area contributed by atoms with Crippen molar-refractivity contribution in [2.45, 2.75) is 59.8 Å². The van der Waals surface area contributed by atoms with Crippen molar-refractivity contribution in [1.29, 1.82) is 0 Å². The Balaban J connectivity index is 2.07. The van der Waals surface area contributed by atoms with Crippen molar-refractivity contribution in [2.75, 3.05) is 19.8 Å². The molecule has 0 bridgehead atoms. The Kier molecular flexibility index (Phi) is 8.23. The van der Waals surface area contributed by atoms with Crippen LogP contribution < -0.4 is 4.74 Å². The van der Waals surface area contributed by atoms with Crippen molar-refractivity contribution in [3.05, 3.63) is 29.8 Å². The van der Waals surface area contributed by atoms with Crippen LogP contribution in [0.3, 0.4) is 0 Å². The second-order valence-corrected chi connectivity index (χ2v) is 7.95. The summed E-state index contributed by atoms with van der Waals surface area (Å²) in [5.74, 6) is -0.417. The van der Waals surface area contributed by atoms with Crippen LogP contribution in [-0.2, 0) is 19.0 Å². The van der Waals surface area contributed by atoms with Crippen molar-refractivity contribution in [3.8, 4) is 5.75 Å². The smallest absolute Gasteiger partial charge is 0.416 e. The average molecular weight is 421 g/mol. The van der Waals surface area contributed by atoms with Gasteiger partial charge in [0.25, 0.3) is 0 Å². The molecule has 0 aromatic heterocycles. The van der Waals surface area contributed by atoms with Gasteiger partial charge in [-0.1, -0.05) is 32.9 Å². The van der Waals surface area contributed by atoms with Gasteiger partial charge in [0.1, 0.15) is 11.3 Å². The van der Waals surface area contributed by atoms with Gasteiger partial charge in [0, 0.05) is 11.8 Å². The topological polar surface area (TPSA) is 91.4 Å². The van der Waals surface area contributed by atoms with Gasteiger partial charge in [0.2, 0.25) is 5.91 Å². The first-order valence-electron chi connectivity index (χ1n) is 10.2. The van der Waals surface area contributed by atoms with E-state index in [1.165, 1.54) is 0 Å². The molecule has 0 radical (unpaired) electrons. The SMILES string of the molecule is CCOC(=O)c1ccccc1OC1CCC(N(C(=O)OCC)C(=O)C(C)(C)C)CO1. The van der Waals surface area contributed by atoms with E-state index in [0.717, 1.165) is 4.90 Å². The van der Waals surface area contributed by atoms with Gasteiger partial charge in [0.05, 0.1) is 25.9 Å². The van der Waals surface area contributed by atoms with E-state index in [-0.39, 0.29) is 25.7 Å². The minimum absolute atomic E-state index is 0.118. The van der Waals surface area contributed by atoms with Crippen LogP contribution in [-0.4, -0.2) is 55.0 Å². The molecule has 1 aromatic carbocycles. The van der Waals surface area contributed by atoms with Gasteiger partial charge in [-0.2, -0.15) is 0 Å². The van der Waals surface area contributed by atoms with Crippen molar-refractivity contribution < 1.29 is 33.3 Å². The number of esters is 1. The number of carbonyl (C=O) groups is 3. The van der Waals surface area contributed by atoms with Gasteiger partial charge in [0.15, 0.2) is 6.29 Å². The molecule has 0 saturated carbocycles. The van der Waals surface area contributed by atoms with Crippen LogP contribution in [0.15, 0.2) is 24.3 Å². The van der Waals surface area contributed by atoms with Crippen molar-refractivity contribution in [3.63, 3.8) is 0 Å². The first kappa shape index (κ1) is 23.7. The molecule has 2 atom stereocenters. The van der Waals surface area contributed by atoms with Gasteiger partial charge in [-0.25, -0.2) is 14.5 Å². The number of carbonyl (C=O) groups excluding carboxylic acids is 3. The van der Waals surface area contributed by atoms with E-state index < -0.39 is 29.8 Å². The van der Waals surface area contributed by atoms with Gasteiger partial charge in [-0.3, -0.25) is 4.79 Å². The van der Waals surface area contributed by atoms with Crippen LogP contribution in [0.2, 0.25) is 0 Å². The zero-order chi connectivity index (χ0) is 22.3. The number of hydrogen-bond donors (Lipinski definition) is 0. The standard InChI is InChI=1S/C22H31NO7/c1-6-27-19(24)16-10-8-9-11-17(16)30-18-13-12-15(14-29-18)23(21(26)28-7-2)20(25)22(3,4)5/h8-11,15,18H,6-7,12-14H2,1-5H3. The molecule has 0 spiro atoms. The Morgan fingerprint density at radius 3 is 2.30 bits per heavy atom. The molecule has 1 saturated heterocycles. The lowest BCUT2D eigenvalue weighted by Gasteiger charge is -2.37. The van der Waals surface area contributed by atoms with Gasteiger partial charge >= 0.3 is 12.1 Å². The zero-order valence-electron chi connectivity index (χ0n) is 18.3. The monoisotopic (exact) mass is 421 g/mol. The minimum atomic E-state index is -0.737. The quantitative estimate of drug-likeness (QED) is 0.646. The molecular weight excluding hydrogens is 390 g/mol.